The molecular formula is C26H34N2O6. The van der Waals surface area contributed by atoms with Gasteiger partial charge in [-0.2, -0.15) is 0 Å². The van der Waals surface area contributed by atoms with E-state index in [0.717, 1.165) is 11.1 Å². The van der Waals surface area contributed by atoms with Crippen LogP contribution in [0.3, 0.4) is 0 Å². The van der Waals surface area contributed by atoms with E-state index in [2.05, 4.69) is 10.6 Å². The molecule has 0 heterocycles. The Hall–Kier alpha value is -3.39. The lowest BCUT2D eigenvalue weighted by atomic mass is 9.96. The molecule has 0 saturated carbocycles. The second-order valence-electron chi connectivity index (χ2n) is 8.62. The number of carboxylic acid groups (broad SMARTS) is 1. The maximum Gasteiger partial charge on any atom is 0.303 e. The number of ether oxygens (including phenoxy) is 1. The maximum atomic E-state index is 13.1. The van der Waals surface area contributed by atoms with Gasteiger partial charge in [0.1, 0.15) is 11.8 Å². The summed E-state index contributed by atoms with van der Waals surface area (Å²) in [5.41, 5.74) is 1.65. The van der Waals surface area contributed by atoms with Gasteiger partial charge < -0.3 is 25.6 Å². The van der Waals surface area contributed by atoms with E-state index in [1.54, 1.807) is 31.4 Å². The summed E-state index contributed by atoms with van der Waals surface area (Å²) in [6.45, 7) is 3.65. The van der Waals surface area contributed by atoms with Crippen LogP contribution in [0.1, 0.15) is 37.8 Å². The van der Waals surface area contributed by atoms with Crippen molar-refractivity contribution < 1.29 is 29.3 Å². The molecule has 34 heavy (non-hydrogen) atoms. The molecule has 0 aromatic heterocycles. The van der Waals surface area contributed by atoms with Crippen molar-refractivity contribution in [1.82, 2.24) is 10.6 Å². The van der Waals surface area contributed by atoms with E-state index < -0.39 is 30.1 Å². The molecule has 8 nitrogen and oxygen atoms in total. The summed E-state index contributed by atoms with van der Waals surface area (Å²) in [6, 6.07) is 15.0. The molecule has 1 unspecified atom stereocenters. The summed E-state index contributed by atoms with van der Waals surface area (Å²) in [6.07, 6.45) is -0.853. The number of aliphatic hydroxyl groups is 1. The molecule has 8 heteroatoms. The second kappa shape index (κ2) is 13.3. The lowest BCUT2D eigenvalue weighted by Crippen LogP contribution is -2.55. The lowest BCUT2D eigenvalue weighted by molar-refractivity contribution is -0.137. The minimum absolute atomic E-state index is 0.00164. The summed E-state index contributed by atoms with van der Waals surface area (Å²) in [4.78, 5) is 36.8. The predicted octanol–water partition coefficient (Wildman–Crippen LogP) is 2.33. The Morgan fingerprint density at radius 1 is 0.971 bits per heavy atom. The van der Waals surface area contributed by atoms with Crippen molar-refractivity contribution in [3.8, 4) is 5.75 Å². The van der Waals surface area contributed by atoms with Gasteiger partial charge in [-0.25, -0.2) is 0 Å². The van der Waals surface area contributed by atoms with Crippen LogP contribution < -0.4 is 15.4 Å². The van der Waals surface area contributed by atoms with Crippen molar-refractivity contribution in [2.45, 2.75) is 57.7 Å². The van der Waals surface area contributed by atoms with Crippen LogP contribution in [-0.2, 0) is 27.2 Å². The van der Waals surface area contributed by atoms with Crippen molar-refractivity contribution in [1.29, 1.82) is 0 Å². The zero-order chi connectivity index (χ0) is 25.1. The Kier molecular flexibility index (Phi) is 10.5. The van der Waals surface area contributed by atoms with Crippen LogP contribution in [0.25, 0.3) is 0 Å². The van der Waals surface area contributed by atoms with Crippen molar-refractivity contribution in [2.24, 2.45) is 5.92 Å². The largest absolute Gasteiger partial charge is 0.497 e. The summed E-state index contributed by atoms with van der Waals surface area (Å²) in [5, 5.41) is 25.2. The molecule has 4 N–H and O–H groups in total. The molecule has 3 atom stereocenters. The van der Waals surface area contributed by atoms with Gasteiger partial charge in [0.25, 0.3) is 0 Å². The number of aliphatic hydroxyl groups excluding tert-OH is 1. The first-order valence-electron chi connectivity index (χ1n) is 11.4. The topological polar surface area (TPSA) is 125 Å². The third kappa shape index (κ3) is 8.86. The molecule has 2 aromatic carbocycles. The molecule has 0 fully saturated rings. The third-order valence-corrected chi connectivity index (χ3v) is 5.51. The number of aliphatic carboxylic acids is 1. The summed E-state index contributed by atoms with van der Waals surface area (Å²) < 4.78 is 5.19. The molecule has 0 aliphatic carbocycles. The zero-order valence-electron chi connectivity index (χ0n) is 19.9. The molecule has 0 radical (unpaired) electrons. The third-order valence-electron chi connectivity index (χ3n) is 5.51. The molecule has 0 saturated heterocycles. The Morgan fingerprint density at radius 3 is 2.26 bits per heavy atom. The van der Waals surface area contributed by atoms with E-state index in [-0.39, 0.29) is 31.1 Å². The Bertz CT molecular complexity index is 947. The van der Waals surface area contributed by atoms with Gasteiger partial charge in [-0.15, -0.1) is 0 Å². The molecule has 0 aliphatic rings. The minimum Gasteiger partial charge on any atom is -0.497 e. The number of amides is 2. The fraction of sp³-hybridized carbons (Fsp3) is 0.423. The smallest absolute Gasteiger partial charge is 0.303 e. The summed E-state index contributed by atoms with van der Waals surface area (Å²) >= 11 is 0. The quantitative estimate of drug-likeness (QED) is 0.356. The van der Waals surface area contributed by atoms with E-state index in [9.17, 15) is 19.5 Å². The lowest BCUT2D eigenvalue weighted by Gasteiger charge is -2.28. The Balaban J connectivity index is 2.09. The van der Waals surface area contributed by atoms with Gasteiger partial charge in [0, 0.05) is 6.42 Å². The number of rotatable bonds is 13. The highest BCUT2D eigenvalue weighted by molar-refractivity contribution is 5.88. The molecule has 0 bridgehead atoms. The molecule has 2 amide bonds. The van der Waals surface area contributed by atoms with E-state index in [0.29, 0.717) is 12.2 Å². The maximum absolute atomic E-state index is 13.1. The van der Waals surface area contributed by atoms with Gasteiger partial charge in [-0.3, -0.25) is 14.4 Å². The highest BCUT2D eigenvalue weighted by atomic mass is 16.5. The first-order valence-corrected chi connectivity index (χ1v) is 11.4. The Morgan fingerprint density at radius 2 is 1.65 bits per heavy atom. The number of hydrogen-bond acceptors (Lipinski definition) is 5. The molecular weight excluding hydrogens is 436 g/mol. The molecule has 0 spiro atoms. The highest BCUT2D eigenvalue weighted by Crippen LogP contribution is 2.14. The first kappa shape index (κ1) is 26.9. The fourth-order valence-electron chi connectivity index (χ4n) is 3.62. The predicted molar refractivity (Wildman–Crippen MR) is 128 cm³/mol. The normalized spacial score (nSPS) is 13.6. The van der Waals surface area contributed by atoms with Gasteiger partial charge in [0.2, 0.25) is 11.8 Å². The monoisotopic (exact) mass is 470 g/mol. The van der Waals surface area contributed by atoms with Crippen LogP contribution in [0, 0.1) is 5.92 Å². The number of carbonyl (C=O) groups excluding carboxylic acids is 2. The van der Waals surface area contributed by atoms with E-state index in [1.165, 1.54) is 0 Å². The van der Waals surface area contributed by atoms with Crippen LogP contribution in [0.2, 0.25) is 0 Å². The van der Waals surface area contributed by atoms with Gasteiger partial charge in [0.15, 0.2) is 0 Å². The van der Waals surface area contributed by atoms with Crippen molar-refractivity contribution in [3.05, 3.63) is 65.7 Å². The number of benzene rings is 2. The number of hydrogen-bond donors (Lipinski definition) is 4. The van der Waals surface area contributed by atoms with Crippen LogP contribution in [0.4, 0.5) is 0 Å². The van der Waals surface area contributed by atoms with Gasteiger partial charge >= 0.3 is 5.97 Å². The highest BCUT2D eigenvalue weighted by Gasteiger charge is 2.29. The zero-order valence-corrected chi connectivity index (χ0v) is 19.9. The van der Waals surface area contributed by atoms with Gasteiger partial charge in [-0.1, -0.05) is 56.3 Å². The standard InChI is InChI=1S/C26H34N2O6/c1-17(2)25(28-23(30)16-19-10-7-11-20(14-19)34-3)26(33)27-21(22(29)12-13-24(31)32)15-18-8-5-4-6-9-18/h4-11,14,17,21-22,25,29H,12-13,15-16H2,1-3H3,(H,27,33)(H,28,30)(H,31,32)/t21-,22-,25?/m0/s1. The first-order chi connectivity index (χ1) is 16.2. The SMILES string of the molecule is COc1cccc(CC(=O)NC(C(=O)N[C@@H](Cc2ccccc2)[C@@H](O)CCC(=O)O)C(C)C)c1. The number of carbonyl (C=O) groups is 3. The molecule has 2 aromatic rings. The number of methoxy groups -OCH3 is 1. The Labute approximate surface area is 200 Å². The van der Waals surface area contributed by atoms with Crippen LogP contribution >= 0.6 is 0 Å². The van der Waals surface area contributed by atoms with Gasteiger partial charge in [0.05, 0.1) is 25.7 Å². The van der Waals surface area contributed by atoms with Gasteiger partial charge in [-0.05, 0) is 42.0 Å². The minimum atomic E-state index is -1.06. The summed E-state index contributed by atoms with van der Waals surface area (Å²) in [5.74, 6) is -1.32. The second-order valence-corrected chi connectivity index (χ2v) is 8.62. The average Bonchev–Trinajstić information content (AvgIpc) is 2.81. The molecule has 2 rings (SSSR count). The summed E-state index contributed by atoms with van der Waals surface area (Å²) in [7, 11) is 1.55. The van der Waals surface area contributed by atoms with E-state index in [4.69, 9.17) is 9.84 Å². The average molecular weight is 471 g/mol. The fourth-order valence-corrected chi connectivity index (χ4v) is 3.62. The van der Waals surface area contributed by atoms with E-state index >= 15 is 0 Å². The van der Waals surface area contributed by atoms with E-state index in [1.807, 2.05) is 44.2 Å². The van der Waals surface area contributed by atoms with Crippen LogP contribution in [-0.4, -0.2) is 53.3 Å². The van der Waals surface area contributed by atoms with Crippen LogP contribution in [0.5, 0.6) is 5.75 Å². The van der Waals surface area contributed by atoms with Crippen molar-refractivity contribution in [3.63, 3.8) is 0 Å². The molecule has 184 valence electrons. The molecule has 0 aliphatic heterocycles. The van der Waals surface area contributed by atoms with Crippen molar-refractivity contribution >= 4 is 17.8 Å². The number of carboxylic acids is 1. The van der Waals surface area contributed by atoms with Crippen molar-refractivity contribution in [2.75, 3.05) is 7.11 Å². The van der Waals surface area contributed by atoms with Crippen LogP contribution in [0.15, 0.2) is 54.6 Å². The number of nitrogens with one attached hydrogen (secondary N) is 2.